The van der Waals surface area contributed by atoms with Crippen molar-refractivity contribution >= 4 is 18.3 Å². The highest BCUT2D eigenvalue weighted by molar-refractivity contribution is 5.91. The molecule has 3 rings (SSSR count). The van der Waals surface area contributed by atoms with Gasteiger partial charge in [0.05, 0.1) is 11.8 Å². The van der Waals surface area contributed by atoms with Crippen molar-refractivity contribution < 1.29 is 19.1 Å². The average Bonchev–Trinajstić information content (AvgIpc) is 2.82. The number of hydrazone groups is 1. The van der Waals surface area contributed by atoms with Crippen LogP contribution in [0.3, 0.4) is 0 Å². The number of hydrogen-bond donors (Lipinski definition) is 1. The van der Waals surface area contributed by atoms with Gasteiger partial charge in [-0.25, -0.2) is 15.0 Å². The first-order valence-electron chi connectivity index (χ1n) is 11.2. The van der Waals surface area contributed by atoms with E-state index in [2.05, 4.69) is 10.5 Å². The van der Waals surface area contributed by atoms with E-state index in [0.717, 1.165) is 16.7 Å². The van der Waals surface area contributed by atoms with Crippen LogP contribution in [0, 0.1) is 0 Å². The number of amides is 1. The van der Waals surface area contributed by atoms with E-state index in [1.807, 2.05) is 72.8 Å². The molecule has 3 aromatic rings. The van der Waals surface area contributed by atoms with Crippen LogP contribution in [0.2, 0.25) is 0 Å². The third-order valence-electron chi connectivity index (χ3n) is 4.84. The molecule has 176 valence electrons. The molecule has 6 nitrogen and oxygen atoms in total. The topological polar surface area (TPSA) is 77.0 Å². The SMILES string of the molecule is CC(C)(C)OC(=O)NN=C[C@@H](CCc1ccccc1)OC(=O)c1ccc(-c2ccccc2)cc1. The summed E-state index contributed by atoms with van der Waals surface area (Å²) in [5.41, 5.74) is 5.33. The molecule has 0 bridgehead atoms. The quantitative estimate of drug-likeness (QED) is 0.254. The van der Waals surface area contributed by atoms with E-state index < -0.39 is 23.8 Å². The van der Waals surface area contributed by atoms with E-state index in [1.165, 1.54) is 6.21 Å². The maximum Gasteiger partial charge on any atom is 0.428 e. The molecule has 0 radical (unpaired) electrons. The Labute approximate surface area is 200 Å². The Bertz CT molecular complexity index is 1090. The zero-order valence-electron chi connectivity index (χ0n) is 19.7. The summed E-state index contributed by atoms with van der Waals surface area (Å²) < 4.78 is 10.9. The molecule has 0 fully saturated rings. The molecule has 0 heterocycles. The molecular weight excluding hydrogens is 428 g/mol. The lowest BCUT2D eigenvalue weighted by atomic mass is 10.0. The van der Waals surface area contributed by atoms with E-state index >= 15 is 0 Å². The maximum absolute atomic E-state index is 12.8. The minimum Gasteiger partial charge on any atom is -0.453 e. The summed E-state index contributed by atoms with van der Waals surface area (Å²) in [6.07, 6.45) is 1.31. The van der Waals surface area contributed by atoms with Crippen LogP contribution in [-0.2, 0) is 15.9 Å². The van der Waals surface area contributed by atoms with Gasteiger partial charge in [-0.05, 0) is 62.4 Å². The normalized spacial score (nSPS) is 12.2. The van der Waals surface area contributed by atoms with Crippen LogP contribution in [0.4, 0.5) is 4.79 Å². The second kappa shape index (κ2) is 11.8. The molecule has 0 saturated carbocycles. The number of aryl methyl sites for hydroxylation is 1. The second-order valence-electron chi connectivity index (χ2n) is 8.80. The molecule has 0 saturated heterocycles. The van der Waals surface area contributed by atoms with Gasteiger partial charge in [-0.2, -0.15) is 5.10 Å². The van der Waals surface area contributed by atoms with E-state index in [1.54, 1.807) is 32.9 Å². The summed E-state index contributed by atoms with van der Waals surface area (Å²) >= 11 is 0. The Morgan fingerprint density at radius 3 is 2.09 bits per heavy atom. The molecule has 0 aromatic heterocycles. The van der Waals surface area contributed by atoms with E-state index in [4.69, 9.17) is 9.47 Å². The maximum atomic E-state index is 12.8. The molecule has 0 unspecified atom stereocenters. The number of nitrogens with one attached hydrogen (secondary N) is 1. The highest BCUT2D eigenvalue weighted by Gasteiger charge is 2.17. The van der Waals surface area contributed by atoms with Crippen LogP contribution in [0.15, 0.2) is 90.0 Å². The Morgan fingerprint density at radius 2 is 1.47 bits per heavy atom. The minimum absolute atomic E-state index is 0.442. The molecule has 1 atom stereocenters. The van der Waals surface area contributed by atoms with Gasteiger partial charge in [-0.15, -0.1) is 0 Å². The lowest BCUT2D eigenvalue weighted by molar-refractivity contribution is 0.0420. The Hall–Kier alpha value is -3.93. The Morgan fingerprint density at radius 1 is 0.882 bits per heavy atom. The smallest absolute Gasteiger partial charge is 0.428 e. The highest BCUT2D eigenvalue weighted by Crippen LogP contribution is 2.20. The fourth-order valence-corrected chi connectivity index (χ4v) is 3.23. The van der Waals surface area contributed by atoms with Gasteiger partial charge in [0.15, 0.2) is 0 Å². The van der Waals surface area contributed by atoms with Gasteiger partial charge in [0.2, 0.25) is 0 Å². The van der Waals surface area contributed by atoms with E-state index in [-0.39, 0.29) is 0 Å². The van der Waals surface area contributed by atoms with Crippen molar-refractivity contribution in [3.05, 3.63) is 96.1 Å². The molecule has 3 aromatic carbocycles. The van der Waals surface area contributed by atoms with Crippen LogP contribution in [-0.4, -0.2) is 30.0 Å². The lowest BCUT2D eigenvalue weighted by Crippen LogP contribution is -2.30. The van der Waals surface area contributed by atoms with Gasteiger partial charge in [0.25, 0.3) is 0 Å². The van der Waals surface area contributed by atoms with Crippen molar-refractivity contribution in [1.82, 2.24) is 5.43 Å². The van der Waals surface area contributed by atoms with Crippen molar-refractivity contribution in [2.75, 3.05) is 0 Å². The van der Waals surface area contributed by atoms with Crippen LogP contribution in [0.5, 0.6) is 0 Å². The standard InChI is InChI=1S/C28H30N2O4/c1-28(2,3)34-27(32)30-29-20-25(19-14-21-10-6-4-7-11-21)33-26(31)24-17-15-23(16-18-24)22-12-8-5-9-13-22/h4-13,15-18,20,25H,14,19H2,1-3H3,(H,30,32)/t25-/m1/s1. The third kappa shape index (κ3) is 8.20. The van der Waals surface area contributed by atoms with Gasteiger partial charge in [-0.3, -0.25) is 0 Å². The largest absolute Gasteiger partial charge is 0.453 e. The number of carbonyl (C=O) groups is 2. The van der Waals surface area contributed by atoms with Crippen LogP contribution >= 0.6 is 0 Å². The number of nitrogens with zero attached hydrogens (tertiary/aromatic N) is 1. The van der Waals surface area contributed by atoms with Gasteiger partial charge < -0.3 is 9.47 Å². The first-order chi connectivity index (χ1) is 16.3. The Balaban J connectivity index is 1.66. The number of hydrogen-bond acceptors (Lipinski definition) is 5. The minimum atomic E-state index is -0.673. The molecule has 34 heavy (non-hydrogen) atoms. The van der Waals surface area contributed by atoms with Crippen molar-refractivity contribution in [2.45, 2.75) is 45.3 Å². The predicted octanol–water partition coefficient (Wildman–Crippen LogP) is 6.02. The number of esters is 1. The monoisotopic (exact) mass is 458 g/mol. The fraction of sp³-hybridized carbons (Fsp3) is 0.250. The Kier molecular flexibility index (Phi) is 8.57. The average molecular weight is 459 g/mol. The first-order valence-corrected chi connectivity index (χ1v) is 11.2. The molecule has 6 heteroatoms. The first kappa shape index (κ1) is 24.7. The van der Waals surface area contributed by atoms with Gasteiger partial charge in [-0.1, -0.05) is 72.8 Å². The summed E-state index contributed by atoms with van der Waals surface area (Å²) in [6.45, 7) is 5.30. The van der Waals surface area contributed by atoms with E-state index in [0.29, 0.717) is 18.4 Å². The second-order valence-corrected chi connectivity index (χ2v) is 8.80. The van der Waals surface area contributed by atoms with Gasteiger partial charge >= 0.3 is 12.1 Å². The number of ether oxygens (including phenoxy) is 2. The van der Waals surface area contributed by atoms with Gasteiger partial charge in [0, 0.05) is 0 Å². The van der Waals surface area contributed by atoms with Crippen LogP contribution in [0.25, 0.3) is 11.1 Å². The summed E-state index contributed by atoms with van der Waals surface area (Å²) in [4.78, 5) is 24.7. The van der Waals surface area contributed by atoms with Crippen molar-refractivity contribution in [1.29, 1.82) is 0 Å². The van der Waals surface area contributed by atoms with Crippen molar-refractivity contribution in [3.8, 4) is 11.1 Å². The number of carbonyl (C=O) groups excluding carboxylic acids is 2. The number of benzene rings is 3. The number of rotatable bonds is 8. The summed E-state index contributed by atoms with van der Waals surface area (Å²) in [6, 6.07) is 27.1. The summed E-state index contributed by atoms with van der Waals surface area (Å²) in [5.74, 6) is -0.457. The molecule has 1 N–H and O–H groups in total. The zero-order valence-corrected chi connectivity index (χ0v) is 19.7. The van der Waals surface area contributed by atoms with Crippen molar-refractivity contribution in [2.24, 2.45) is 5.10 Å². The van der Waals surface area contributed by atoms with Crippen molar-refractivity contribution in [3.63, 3.8) is 0 Å². The zero-order chi connectivity index (χ0) is 24.4. The predicted molar refractivity (Wildman–Crippen MR) is 134 cm³/mol. The molecule has 0 aliphatic carbocycles. The summed E-state index contributed by atoms with van der Waals surface area (Å²) in [5, 5.41) is 3.94. The molecule has 0 spiro atoms. The highest BCUT2D eigenvalue weighted by atomic mass is 16.6. The molecule has 0 aliphatic heterocycles. The third-order valence-corrected chi connectivity index (χ3v) is 4.84. The van der Waals surface area contributed by atoms with Gasteiger partial charge in [0.1, 0.15) is 11.7 Å². The lowest BCUT2D eigenvalue weighted by Gasteiger charge is -2.18. The summed E-state index contributed by atoms with van der Waals surface area (Å²) in [7, 11) is 0. The molecular formula is C28H30N2O4. The molecule has 0 aliphatic rings. The fourth-order valence-electron chi connectivity index (χ4n) is 3.23. The van der Waals surface area contributed by atoms with Crippen LogP contribution < -0.4 is 5.43 Å². The molecule has 1 amide bonds. The van der Waals surface area contributed by atoms with Crippen LogP contribution in [0.1, 0.15) is 43.1 Å². The van der Waals surface area contributed by atoms with E-state index in [9.17, 15) is 9.59 Å².